The smallest absolute Gasteiger partial charge is 0.140 e. The fourth-order valence-corrected chi connectivity index (χ4v) is 1.33. The largest absolute Gasteiger partial charge is 0.390 e. The van der Waals surface area contributed by atoms with E-state index in [1.165, 1.54) is 0 Å². The molecule has 1 aromatic heterocycles. The van der Waals surface area contributed by atoms with Gasteiger partial charge in [-0.1, -0.05) is 6.07 Å². The molecule has 0 aromatic carbocycles. The molecule has 1 aromatic rings. The summed E-state index contributed by atoms with van der Waals surface area (Å²) >= 11 is 0. The van der Waals surface area contributed by atoms with Crippen molar-refractivity contribution in [2.45, 2.75) is 18.6 Å². The molecule has 1 rings (SSSR count). The third-order valence-electron chi connectivity index (χ3n) is 2.24. The summed E-state index contributed by atoms with van der Waals surface area (Å²) in [7, 11) is 1.77. The first kappa shape index (κ1) is 12.6. The summed E-state index contributed by atoms with van der Waals surface area (Å²) < 4.78 is 0. The predicted octanol–water partition coefficient (Wildman–Crippen LogP) is -0.0429. The number of aromatic nitrogens is 1. The molecule has 0 aliphatic heterocycles. The van der Waals surface area contributed by atoms with E-state index in [1.54, 1.807) is 25.2 Å². The summed E-state index contributed by atoms with van der Waals surface area (Å²) in [4.78, 5) is 3.93. The summed E-state index contributed by atoms with van der Waals surface area (Å²) in [5.74, 6) is 0. The number of nitriles is 1. The number of nitrogens with one attached hydrogen (secondary N) is 1. The highest BCUT2D eigenvalue weighted by molar-refractivity contribution is 5.23. The zero-order chi connectivity index (χ0) is 12.0. The van der Waals surface area contributed by atoms with E-state index >= 15 is 0 Å². The van der Waals surface area contributed by atoms with E-state index in [0.717, 1.165) is 0 Å². The van der Waals surface area contributed by atoms with E-state index in [-0.39, 0.29) is 5.69 Å². The van der Waals surface area contributed by atoms with Crippen molar-refractivity contribution in [2.75, 3.05) is 13.6 Å². The van der Waals surface area contributed by atoms with Crippen LogP contribution < -0.4 is 5.32 Å². The summed E-state index contributed by atoms with van der Waals surface area (Å²) in [5.41, 5.74) is 0.556. The van der Waals surface area contributed by atoms with Gasteiger partial charge in [0.15, 0.2) is 0 Å². The van der Waals surface area contributed by atoms with Crippen LogP contribution in [0.25, 0.3) is 0 Å². The second kappa shape index (κ2) is 6.18. The minimum Gasteiger partial charge on any atom is -0.390 e. The van der Waals surface area contributed by atoms with Crippen LogP contribution in [-0.4, -0.2) is 34.9 Å². The molecule has 5 heteroatoms. The maximum atomic E-state index is 9.79. The highest BCUT2D eigenvalue weighted by atomic mass is 16.3. The van der Waals surface area contributed by atoms with Gasteiger partial charge in [0.25, 0.3) is 0 Å². The Morgan fingerprint density at radius 1 is 1.50 bits per heavy atom. The van der Waals surface area contributed by atoms with Gasteiger partial charge in [0, 0.05) is 0 Å². The molecule has 0 saturated heterocycles. The number of hydrogen-bond acceptors (Lipinski definition) is 5. The molecule has 0 amide bonds. The molecule has 2 unspecified atom stereocenters. The van der Waals surface area contributed by atoms with Crippen molar-refractivity contribution >= 4 is 0 Å². The zero-order valence-electron chi connectivity index (χ0n) is 9.09. The van der Waals surface area contributed by atoms with Crippen molar-refractivity contribution in [1.29, 1.82) is 5.26 Å². The number of hydrogen-bond donors (Lipinski definition) is 3. The molecule has 0 saturated carbocycles. The average molecular weight is 221 g/mol. The molecule has 1 heterocycles. The van der Waals surface area contributed by atoms with E-state index in [4.69, 9.17) is 5.26 Å². The van der Waals surface area contributed by atoms with Gasteiger partial charge in [0.05, 0.1) is 11.8 Å². The Kier molecular flexibility index (Phi) is 4.86. The molecule has 0 aliphatic carbocycles. The van der Waals surface area contributed by atoms with Crippen LogP contribution in [0.5, 0.6) is 0 Å². The maximum Gasteiger partial charge on any atom is 0.140 e. The Bertz CT molecular complexity index is 376. The van der Waals surface area contributed by atoms with Gasteiger partial charge in [-0.2, -0.15) is 5.26 Å². The first-order chi connectivity index (χ1) is 7.69. The van der Waals surface area contributed by atoms with E-state index in [0.29, 0.717) is 18.7 Å². The van der Waals surface area contributed by atoms with Crippen molar-refractivity contribution < 1.29 is 10.2 Å². The second-order valence-corrected chi connectivity index (χ2v) is 3.46. The van der Waals surface area contributed by atoms with Crippen molar-refractivity contribution in [3.8, 4) is 6.07 Å². The minimum absolute atomic E-state index is 0.234. The van der Waals surface area contributed by atoms with E-state index in [9.17, 15) is 10.2 Å². The number of aliphatic hydroxyl groups is 2. The average Bonchev–Trinajstić information content (AvgIpc) is 2.35. The van der Waals surface area contributed by atoms with Gasteiger partial charge in [-0.3, -0.25) is 0 Å². The van der Waals surface area contributed by atoms with Gasteiger partial charge >= 0.3 is 0 Å². The van der Waals surface area contributed by atoms with E-state index < -0.39 is 12.2 Å². The Morgan fingerprint density at radius 3 is 2.88 bits per heavy atom. The van der Waals surface area contributed by atoms with Gasteiger partial charge < -0.3 is 15.5 Å². The number of nitrogens with zero attached hydrogens (tertiary/aromatic N) is 2. The molecule has 0 spiro atoms. The third kappa shape index (κ3) is 3.28. The van der Waals surface area contributed by atoms with Crippen LogP contribution in [0.1, 0.15) is 23.9 Å². The minimum atomic E-state index is -1.05. The molecule has 0 aliphatic rings. The van der Waals surface area contributed by atoms with Crippen LogP contribution in [0.3, 0.4) is 0 Å². The van der Waals surface area contributed by atoms with Crippen LogP contribution in [-0.2, 0) is 0 Å². The summed E-state index contributed by atoms with van der Waals surface area (Å²) in [6.45, 7) is 0.607. The second-order valence-electron chi connectivity index (χ2n) is 3.46. The monoisotopic (exact) mass is 221 g/mol. The lowest BCUT2D eigenvalue weighted by Crippen LogP contribution is -2.24. The molecule has 0 radical (unpaired) electrons. The highest BCUT2D eigenvalue weighted by Gasteiger charge is 2.19. The lowest BCUT2D eigenvalue weighted by Gasteiger charge is -2.17. The Labute approximate surface area is 94.4 Å². The lowest BCUT2D eigenvalue weighted by molar-refractivity contribution is 0.0115. The van der Waals surface area contributed by atoms with Crippen LogP contribution in [0.4, 0.5) is 0 Å². The number of rotatable bonds is 5. The molecule has 2 atom stereocenters. The van der Waals surface area contributed by atoms with Gasteiger partial charge in [0.2, 0.25) is 0 Å². The van der Waals surface area contributed by atoms with Crippen LogP contribution in [0, 0.1) is 11.3 Å². The molecule has 3 N–H and O–H groups in total. The lowest BCUT2D eigenvalue weighted by atomic mass is 10.1. The zero-order valence-corrected chi connectivity index (χ0v) is 9.09. The Balaban J connectivity index is 2.71. The van der Waals surface area contributed by atoms with E-state index in [2.05, 4.69) is 10.3 Å². The molecular weight excluding hydrogens is 206 g/mol. The Morgan fingerprint density at radius 2 is 2.25 bits per heavy atom. The summed E-state index contributed by atoms with van der Waals surface area (Å²) in [6, 6.07) is 6.67. The van der Waals surface area contributed by atoms with Crippen molar-refractivity contribution in [2.24, 2.45) is 0 Å². The van der Waals surface area contributed by atoms with Crippen LogP contribution in [0.15, 0.2) is 18.2 Å². The normalized spacial score (nSPS) is 14.1. The fraction of sp³-hybridized carbons (Fsp3) is 0.455. The van der Waals surface area contributed by atoms with Gasteiger partial charge in [-0.05, 0) is 32.1 Å². The van der Waals surface area contributed by atoms with Gasteiger partial charge in [0.1, 0.15) is 17.9 Å². The predicted molar refractivity (Wildman–Crippen MR) is 58.5 cm³/mol. The van der Waals surface area contributed by atoms with Crippen LogP contribution in [0.2, 0.25) is 0 Å². The van der Waals surface area contributed by atoms with Crippen LogP contribution >= 0.6 is 0 Å². The number of aliphatic hydroxyl groups excluding tert-OH is 2. The van der Waals surface area contributed by atoms with Gasteiger partial charge in [-0.15, -0.1) is 0 Å². The third-order valence-corrected chi connectivity index (χ3v) is 2.24. The summed E-state index contributed by atoms with van der Waals surface area (Å²) in [6.07, 6.45) is -1.51. The fourth-order valence-electron chi connectivity index (χ4n) is 1.33. The number of pyridine rings is 1. The van der Waals surface area contributed by atoms with Crippen molar-refractivity contribution in [1.82, 2.24) is 10.3 Å². The first-order valence-electron chi connectivity index (χ1n) is 5.07. The molecule has 0 bridgehead atoms. The summed E-state index contributed by atoms with van der Waals surface area (Å²) in [5, 5.41) is 31.0. The maximum absolute atomic E-state index is 9.79. The quantitative estimate of drug-likeness (QED) is 0.649. The standard InChI is InChI=1S/C11H15N3O2/c1-13-6-5-10(15)11(16)9-4-2-3-8(7-12)14-9/h2-4,10-11,13,15-16H,5-6H2,1H3. The molecule has 5 nitrogen and oxygen atoms in total. The van der Waals surface area contributed by atoms with Gasteiger partial charge in [-0.25, -0.2) is 4.98 Å². The SMILES string of the molecule is CNCCC(O)C(O)c1cccc(C#N)n1. The first-order valence-corrected chi connectivity index (χ1v) is 5.07. The molecule has 16 heavy (non-hydrogen) atoms. The molecule has 0 fully saturated rings. The van der Waals surface area contributed by atoms with E-state index in [1.807, 2.05) is 6.07 Å². The van der Waals surface area contributed by atoms with Crippen molar-refractivity contribution in [3.05, 3.63) is 29.6 Å². The van der Waals surface area contributed by atoms with Crippen molar-refractivity contribution in [3.63, 3.8) is 0 Å². The molecule has 86 valence electrons. The highest BCUT2D eigenvalue weighted by Crippen LogP contribution is 2.16. The Hall–Kier alpha value is -1.48. The topological polar surface area (TPSA) is 89.2 Å². The molecular formula is C11H15N3O2.